The molecule has 0 aromatic heterocycles. The molecule has 0 spiro atoms. The van der Waals surface area contributed by atoms with Crippen molar-refractivity contribution in [3.05, 3.63) is 77.4 Å². The summed E-state index contributed by atoms with van der Waals surface area (Å²) in [7, 11) is 37.0. The first-order valence-electron chi connectivity index (χ1n) is 27.4. The molecule has 0 fully saturated rings. The number of aromatic carboxylic acids is 1. The Morgan fingerprint density at radius 2 is 0.944 bits per heavy atom. The molecule has 463 valence electrons. The molecule has 0 saturated carbocycles. The fourth-order valence-corrected chi connectivity index (χ4v) is 7.01. The third-order valence-corrected chi connectivity index (χ3v) is 11.5. The van der Waals surface area contributed by atoms with Gasteiger partial charge in [0.15, 0.2) is 6.61 Å². The summed E-state index contributed by atoms with van der Waals surface area (Å²) in [5.74, 6) is 2.74. The Morgan fingerprint density at radius 3 is 1.44 bits per heavy atom. The van der Waals surface area contributed by atoms with Gasteiger partial charge < -0.3 is 45.2 Å². The van der Waals surface area contributed by atoms with Crippen molar-refractivity contribution in [2.45, 2.75) is 173 Å². The summed E-state index contributed by atoms with van der Waals surface area (Å²) in [5, 5.41) is 58.3. The fourth-order valence-electron chi connectivity index (χ4n) is 5.64. The van der Waals surface area contributed by atoms with Gasteiger partial charge in [0.05, 0.1) is 66.2 Å². The van der Waals surface area contributed by atoms with Crippen molar-refractivity contribution in [3.63, 3.8) is 0 Å². The summed E-state index contributed by atoms with van der Waals surface area (Å²) in [6, 6.07) is 14.2. The Bertz CT molecular complexity index is 1930. The maximum Gasteiger partial charge on any atom is 0.341 e. The van der Waals surface area contributed by atoms with Crippen LogP contribution in [0.1, 0.15) is 143 Å². The molecule has 0 atom stereocenters. The second-order valence-electron chi connectivity index (χ2n) is 17.1. The predicted octanol–water partition coefficient (Wildman–Crippen LogP) is 10.1. The van der Waals surface area contributed by atoms with Crippen molar-refractivity contribution in [3.8, 4) is 17.6 Å². The monoisotopic (exact) mass is 1790 g/mol. The van der Waals surface area contributed by atoms with E-state index in [0.29, 0.717) is 80.9 Å². The van der Waals surface area contributed by atoms with E-state index in [1.807, 2.05) is 36.4 Å². The van der Waals surface area contributed by atoms with Gasteiger partial charge in [0.1, 0.15) is 12.4 Å². The summed E-state index contributed by atoms with van der Waals surface area (Å²) >= 11 is 3.14. The van der Waals surface area contributed by atoms with E-state index < -0.39 is 41.8 Å². The number of ether oxygens (including phenoxy) is 2. The topological polar surface area (TPSA) is 280 Å². The van der Waals surface area contributed by atoms with Gasteiger partial charge in [-0.1, -0.05) is 119 Å². The molecule has 2 rings (SSSR count). The number of carbonyl (C=O) groups is 7. The van der Waals surface area contributed by atoms with E-state index in [0.717, 1.165) is 125 Å². The number of thioether (sulfide) groups is 2. The summed E-state index contributed by atoms with van der Waals surface area (Å²) in [6.45, 7) is 0.0149. The van der Waals surface area contributed by atoms with E-state index in [2.05, 4.69) is 11.8 Å². The van der Waals surface area contributed by atoms with E-state index in [-0.39, 0.29) is 261 Å². The normalized spacial score (nSPS) is 8.94. The zero-order valence-corrected chi connectivity index (χ0v) is 73.5. The largest absolute Gasteiger partial charge is 0.482 e. The molecule has 0 amide bonds. The fraction of sp³-hybridized carbons (Fsp3) is 0.596. The molecule has 0 aliphatic heterocycles. The molecule has 0 unspecified atom stereocenters. The molecule has 0 aliphatic rings. The average molecular weight is 1790 g/mol. The molecule has 2 aromatic rings. The molecule has 2 aromatic carbocycles. The van der Waals surface area contributed by atoms with E-state index in [9.17, 15) is 33.6 Å². The predicted molar refractivity (Wildman–Crippen MR) is 338 cm³/mol. The molecule has 0 saturated heterocycles. The summed E-state index contributed by atoms with van der Waals surface area (Å²) in [6.07, 6.45) is 24.8. The Morgan fingerprint density at radius 1 is 0.438 bits per heavy atom. The summed E-state index contributed by atoms with van der Waals surface area (Å²) < 4.78 is 9.82. The van der Waals surface area contributed by atoms with Crippen LogP contribution in [0.3, 0.4) is 0 Å². The zero-order valence-electron chi connectivity index (χ0n) is 52.0. The number of allylic oxidation sites excluding steroid dienone is 2. The second-order valence-corrected chi connectivity index (χ2v) is 19.4. The molecule has 21 radical (unpaired) electrons. The van der Waals surface area contributed by atoms with Crippen LogP contribution in [0, 0.1) is 11.8 Å². The van der Waals surface area contributed by atoms with Gasteiger partial charge in [-0.25, -0.2) is 14.4 Å². The smallest absolute Gasteiger partial charge is 0.341 e. The number of carboxylic acid groups (broad SMARTS) is 7. The maximum atomic E-state index is 10.5. The van der Waals surface area contributed by atoms with E-state index >= 15 is 0 Å². The number of unbranched alkanes of at least 4 members (excludes halogenated alkanes) is 8. The van der Waals surface area contributed by atoms with Gasteiger partial charge in [0, 0.05) is 268 Å². The second kappa shape index (κ2) is 99.3. The van der Waals surface area contributed by atoms with Crippen molar-refractivity contribution < 1.29 is 308 Å². The maximum absolute atomic E-state index is 10.5. The van der Waals surface area contributed by atoms with Crippen LogP contribution in [0.15, 0.2) is 60.7 Å². The van der Waals surface area contributed by atoms with E-state index in [4.69, 9.17) is 100 Å². The quantitative estimate of drug-likeness (QED) is 0.0141. The number of aryl methyl sites for hydroxylation is 2. The number of aliphatic carboxylic acids is 6. The van der Waals surface area contributed by atoms with E-state index in [1.165, 1.54) is 11.8 Å². The van der Waals surface area contributed by atoms with Crippen LogP contribution in [0.5, 0.6) is 5.75 Å². The minimum Gasteiger partial charge on any atom is -0.482 e. The minimum atomic E-state index is -0.978. The Hall–Kier alpha value is 2.67. The molecule has 16 nitrogen and oxygen atoms in total. The third kappa shape index (κ3) is 115. The van der Waals surface area contributed by atoms with Crippen LogP contribution in [-0.2, 0) is 275 Å². The summed E-state index contributed by atoms with van der Waals surface area (Å²) in [5.41, 5.74) is 3.17. The summed E-state index contributed by atoms with van der Waals surface area (Å²) in [4.78, 5) is 70.9. The Kier molecular flexibility index (Phi) is 133. The van der Waals surface area contributed by atoms with Crippen LogP contribution < -0.4 is 4.74 Å². The van der Waals surface area contributed by atoms with E-state index in [1.54, 1.807) is 36.0 Å². The van der Waals surface area contributed by atoms with Gasteiger partial charge in [-0.3, -0.25) is 19.2 Å². The molecular weight excluding hydrogens is 1700 g/mol. The Labute approximate surface area is 726 Å². The van der Waals surface area contributed by atoms with Gasteiger partial charge >= 0.3 is 41.8 Å². The van der Waals surface area contributed by atoms with Crippen LogP contribution in [0.25, 0.3) is 0 Å². The molecule has 0 heterocycles. The molecule has 0 bridgehead atoms. The standard InChI is InChI=1S/C10H11BO3.C10H11BO2.C8H15BO2.C8H13BO2.C8H11BO2.C7H13BO3.C6H11BO2S2.7Y/c11-5-4-8-2-1-3-9(6-8)14-7-10(12)13;11-7-1-2-8-3-5-9(6-4-8)10(12)13;3*9-7-5-3-1-2-4-6-8(10)11;8-4-2-1-3-5-11-6-7(9)10;7-5-11-3-1-2-10-4-6(8)9;;;;;;;/h1-3,6H,4-5,7H2,(H,12,13);3-6H,1-2,7H2,(H,12,13);1-7H2,(H,10,11);1,3H,2,4-7H2,(H,10,11);2,4-7H2,(H,10,11);1-6H2,(H,9,10);1-5H2,(H,8,9);;;;;;;/b;;;3-1-;;;;;;;;;;. The van der Waals surface area contributed by atoms with Crippen molar-refractivity contribution in [1.29, 1.82) is 0 Å². The molecular formula is C57H85B7O16S2Y7. The number of hydrogen-bond donors (Lipinski definition) is 7. The number of carboxylic acids is 7. The third-order valence-electron chi connectivity index (χ3n) is 9.65. The first-order valence-corrected chi connectivity index (χ1v) is 29.7. The first-order chi connectivity index (χ1) is 39.3. The van der Waals surface area contributed by atoms with Gasteiger partial charge in [0.25, 0.3) is 0 Å². The number of benzene rings is 2. The minimum absolute atomic E-state index is 0. The van der Waals surface area contributed by atoms with Gasteiger partial charge in [-0.2, -0.15) is 23.5 Å². The SMILES string of the molecule is [B]CC/C=C\CCCC(=O)O.[B]CCC#CCCCC(=O)O.[B]CCCCCCCC(=O)O.[B]CCCCCOCC(=O)O.[B]CCCc1ccc(C(=O)O)cc1.[B]CCc1cccc(OCC(=O)O)c1.[B]CSCCCSCC(=O)O.[Y].[Y].[Y].[Y].[Y].[Y].[Y]. The van der Waals surface area contributed by atoms with Crippen LogP contribution in [0.4, 0.5) is 0 Å². The molecule has 7 N–H and O–H groups in total. The van der Waals surface area contributed by atoms with Crippen molar-refractivity contribution >= 4 is 120 Å². The van der Waals surface area contributed by atoms with Gasteiger partial charge in [0.2, 0.25) is 0 Å². The molecule has 0 aliphatic carbocycles. The number of hydrogen-bond acceptors (Lipinski definition) is 11. The average Bonchev–Trinajstić information content (AvgIpc) is 3.43. The molecule has 32 heteroatoms. The van der Waals surface area contributed by atoms with Crippen LogP contribution in [0.2, 0.25) is 37.9 Å². The number of rotatable bonds is 40. The first kappa shape index (κ1) is 119. The van der Waals surface area contributed by atoms with Gasteiger partial charge in [-0.05, 0) is 110 Å². The zero-order chi connectivity index (χ0) is 62.7. The molecule has 89 heavy (non-hydrogen) atoms. The van der Waals surface area contributed by atoms with Crippen molar-refractivity contribution in [2.24, 2.45) is 0 Å². The van der Waals surface area contributed by atoms with Crippen LogP contribution >= 0.6 is 23.5 Å². The van der Waals surface area contributed by atoms with Crippen molar-refractivity contribution in [2.75, 3.05) is 42.7 Å². The van der Waals surface area contributed by atoms with Crippen molar-refractivity contribution in [1.82, 2.24) is 0 Å². The van der Waals surface area contributed by atoms with Crippen LogP contribution in [-0.4, -0.2) is 175 Å². The van der Waals surface area contributed by atoms with Gasteiger partial charge in [-0.15, -0.1) is 11.8 Å². The Balaban J connectivity index is -0.0000000769.